The van der Waals surface area contributed by atoms with Crippen LogP contribution in [0, 0.1) is 13.8 Å². The first-order chi connectivity index (χ1) is 13.5. The number of benzene rings is 2. The molecular formula is C24H25N3O. The van der Waals surface area contributed by atoms with E-state index in [2.05, 4.69) is 72.0 Å². The molecule has 1 aromatic heterocycles. The number of hydrogen-bond donors (Lipinski definition) is 2. The van der Waals surface area contributed by atoms with E-state index in [1.807, 2.05) is 6.07 Å². The van der Waals surface area contributed by atoms with Gasteiger partial charge in [0.2, 0.25) is 5.91 Å². The fourth-order valence-electron chi connectivity index (χ4n) is 4.82. The van der Waals surface area contributed by atoms with E-state index in [1.165, 1.54) is 27.6 Å². The maximum absolute atomic E-state index is 12.9. The number of anilines is 1. The highest BCUT2D eigenvalue weighted by molar-refractivity contribution is 6.06. The van der Waals surface area contributed by atoms with Crippen molar-refractivity contribution in [2.24, 2.45) is 0 Å². The van der Waals surface area contributed by atoms with Gasteiger partial charge in [-0.2, -0.15) is 0 Å². The molecular weight excluding hydrogens is 346 g/mol. The van der Waals surface area contributed by atoms with Crippen LogP contribution in [0.2, 0.25) is 0 Å². The molecule has 0 bridgehead atoms. The predicted molar refractivity (Wildman–Crippen MR) is 114 cm³/mol. The van der Waals surface area contributed by atoms with Gasteiger partial charge in [0.05, 0.1) is 16.8 Å². The van der Waals surface area contributed by atoms with Crippen LogP contribution in [0.1, 0.15) is 35.2 Å². The second-order valence-electron chi connectivity index (χ2n) is 8.24. The zero-order chi connectivity index (χ0) is 19.5. The number of nitrogens with one attached hydrogen (secondary N) is 2. The molecule has 4 heteroatoms. The summed E-state index contributed by atoms with van der Waals surface area (Å²) in [6.45, 7) is 10.2. The Morgan fingerprint density at radius 3 is 2.64 bits per heavy atom. The molecule has 2 aromatic carbocycles. The zero-order valence-electron chi connectivity index (χ0n) is 16.4. The number of likely N-dealkylation sites (tertiary alicyclic amines) is 1. The minimum absolute atomic E-state index is 0.152. The van der Waals surface area contributed by atoms with Gasteiger partial charge < -0.3 is 15.2 Å². The van der Waals surface area contributed by atoms with Crippen LogP contribution in [0.5, 0.6) is 0 Å². The minimum atomic E-state index is -0.394. The van der Waals surface area contributed by atoms with Gasteiger partial charge in [-0.1, -0.05) is 42.5 Å². The summed E-state index contributed by atoms with van der Waals surface area (Å²) in [7, 11) is 0. The van der Waals surface area contributed by atoms with Crippen molar-refractivity contribution in [2.75, 3.05) is 18.4 Å². The fraction of sp³-hybridized carbons (Fsp3) is 0.292. The number of hydrogen-bond acceptors (Lipinski definition) is 2. The number of fused-ring (bicyclic) bond motifs is 3. The molecule has 1 fully saturated rings. The molecule has 2 aliphatic rings. The van der Waals surface area contributed by atoms with Gasteiger partial charge in [0.1, 0.15) is 0 Å². The highest BCUT2D eigenvalue weighted by Crippen LogP contribution is 2.46. The van der Waals surface area contributed by atoms with Crippen molar-refractivity contribution in [2.45, 2.75) is 32.1 Å². The third kappa shape index (κ3) is 2.40. The molecule has 0 radical (unpaired) electrons. The van der Waals surface area contributed by atoms with Crippen LogP contribution in [-0.2, 0) is 10.2 Å². The van der Waals surface area contributed by atoms with Crippen LogP contribution in [0.15, 0.2) is 49.0 Å². The molecule has 0 saturated carbocycles. The minimum Gasteiger partial charge on any atom is -0.370 e. The van der Waals surface area contributed by atoms with Crippen LogP contribution in [0.3, 0.4) is 0 Å². The molecule has 4 nitrogen and oxygen atoms in total. The zero-order valence-corrected chi connectivity index (χ0v) is 16.4. The molecule has 0 atom stereocenters. The van der Waals surface area contributed by atoms with E-state index in [9.17, 15) is 4.79 Å². The third-order valence-corrected chi connectivity index (χ3v) is 6.55. The van der Waals surface area contributed by atoms with Gasteiger partial charge >= 0.3 is 0 Å². The largest absolute Gasteiger partial charge is 0.370 e. The number of rotatable bonds is 2. The monoisotopic (exact) mass is 371 g/mol. The molecule has 5 rings (SSSR count). The topological polar surface area (TPSA) is 48.1 Å². The molecule has 1 spiro atoms. The summed E-state index contributed by atoms with van der Waals surface area (Å²) < 4.78 is 0. The Kier molecular flexibility index (Phi) is 3.66. The molecule has 1 saturated heterocycles. The van der Waals surface area contributed by atoms with E-state index >= 15 is 0 Å². The second-order valence-corrected chi connectivity index (χ2v) is 8.24. The molecule has 1 amide bonds. The smallest absolute Gasteiger partial charge is 0.235 e. The molecule has 2 aliphatic heterocycles. The lowest BCUT2D eigenvalue weighted by molar-refractivity contribution is -0.122. The number of aromatic amines is 1. The summed E-state index contributed by atoms with van der Waals surface area (Å²) >= 11 is 0. The predicted octanol–water partition coefficient (Wildman–Crippen LogP) is 4.74. The standard InChI is InChI=1S/C24H25N3O/c1-15-7-8-20-19(13-15)24(23(28)26-20)9-11-27(12-10-24)17(3)21-14-18-6-4-5-16(2)22(18)25-21/h4-8,13-14,25H,3,9-12H2,1-2H3,(H,26,28). The first kappa shape index (κ1) is 17.1. The van der Waals surface area contributed by atoms with Crippen molar-refractivity contribution < 1.29 is 4.79 Å². The van der Waals surface area contributed by atoms with E-state index in [0.717, 1.165) is 43.0 Å². The van der Waals surface area contributed by atoms with Gasteiger partial charge in [-0.25, -0.2) is 0 Å². The van der Waals surface area contributed by atoms with Crippen LogP contribution in [0.4, 0.5) is 5.69 Å². The molecule has 28 heavy (non-hydrogen) atoms. The lowest BCUT2D eigenvalue weighted by Crippen LogP contribution is -2.45. The maximum Gasteiger partial charge on any atom is 0.235 e. The van der Waals surface area contributed by atoms with Gasteiger partial charge in [0.15, 0.2) is 0 Å². The SMILES string of the molecule is C=C(c1cc2cccc(C)c2[nH]1)N1CCC2(CC1)C(=O)Nc1ccc(C)cc12. The van der Waals surface area contributed by atoms with Crippen molar-refractivity contribution >= 4 is 28.2 Å². The molecule has 2 N–H and O–H groups in total. The van der Waals surface area contributed by atoms with Crippen molar-refractivity contribution in [3.05, 3.63) is 71.4 Å². The highest BCUT2D eigenvalue weighted by Gasteiger charge is 2.48. The van der Waals surface area contributed by atoms with Crippen molar-refractivity contribution in [1.29, 1.82) is 0 Å². The average Bonchev–Trinajstić information content (AvgIpc) is 3.24. The van der Waals surface area contributed by atoms with Gasteiger partial charge in [-0.15, -0.1) is 0 Å². The highest BCUT2D eigenvalue weighted by atomic mass is 16.2. The van der Waals surface area contributed by atoms with Gasteiger partial charge in [-0.3, -0.25) is 4.79 Å². The number of nitrogens with zero attached hydrogens (tertiary/aromatic N) is 1. The van der Waals surface area contributed by atoms with E-state index in [1.54, 1.807) is 0 Å². The summed E-state index contributed by atoms with van der Waals surface area (Å²) in [5.41, 5.74) is 7.44. The van der Waals surface area contributed by atoms with Gasteiger partial charge in [0.25, 0.3) is 0 Å². The van der Waals surface area contributed by atoms with E-state index in [4.69, 9.17) is 0 Å². The van der Waals surface area contributed by atoms with Crippen molar-refractivity contribution in [1.82, 2.24) is 9.88 Å². The number of carbonyl (C=O) groups is 1. The van der Waals surface area contributed by atoms with E-state index in [0.29, 0.717) is 0 Å². The maximum atomic E-state index is 12.9. The third-order valence-electron chi connectivity index (χ3n) is 6.55. The Balaban J connectivity index is 1.40. The summed E-state index contributed by atoms with van der Waals surface area (Å²) in [4.78, 5) is 18.7. The normalized spacial score (nSPS) is 17.8. The Labute approximate surface area is 165 Å². The first-order valence-corrected chi connectivity index (χ1v) is 9.93. The molecule has 3 heterocycles. The second kappa shape index (κ2) is 5.99. The summed E-state index contributed by atoms with van der Waals surface area (Å²) in [6.07, 6.45) is 1.63. The number of para-hydroxylation sites is 1. The number of H-pyrrole nitrogens is 1. The lowest BCUT2D eigenvalue weighted by atomic mass is 9.73. The molecule has 142 valence electrons. The number of carbonyl (C=O) groups excluding carboxylic acids is 1. The number of aryl methyl sites for hydroxylation is 2. The Morgan fingerprint density at radius 1 is 1.11 bits per heavy atom. The lowest BCUT2D eigenvalue weighted by Gasteiger charge is -2.39. The summed E-state index contributed by atoms with van der Waals surface area (Å²) in [5, 5.41) is 4.31. The molecule has 0 aliphatic carbocycles. The van der Waals surface area contributed by atoms with Crippen LogP contribution >= 0.6 is 0 Å². The number of amides is 1. The fourth-order valence-corrected chi connectivity index (χ4v) is 4.82. The van der Waals surface area contributed by atoms with E-state index < -0.39 is 5.41 Å². The van der Waals surface area contributed by atoms with Gasteiger partial charge in [0, 0.05) is 29.7 Å². The van der Waals surface area contributed by atoms with Crippen molar-refractivity contribution in [3.8, 4) is 0 Å². The average molecular weight is 371 g/mol. The molecule has 3 aromatic rings. The summed E-state index contributed by atoms with van der Waals surface area (Å²) in [6, 6.07) is 14.8. The molecule has 0 unspecified atom stereocenters. The Hall–Kier alpha value is -3.01. The van der Waals surface area contributed by atoms with Crippen LogP contribution in [0.25, 0.3) is 16.6 Å². The van der Waals surface area contributed by atoms with Crippen molar-refractivity contribution in [3.63, 3.8) is 0 Å². The van der Waals surface area contributed by atoms with E-state index in [-0.39, 0.29) is 5.91 Å². The Bertz CT molecular complexity index is 1120. The van der Waals surface area contributed by atoms with Crippen LogP contribution < -0.4 is 5.32 Å². The van der Waals surface area contributed by atoms with Crippen LogP contribution in [-0.4, -0.2) is 28.9 Å². The number of aromatic nitrogens is 1. The van der Waals surface area contributed by atoms with Gasteiger partial charge in [-0.05, 0) is 49.9 Å². The summed E-state index contributed by atoms with van der Waals surface area (Å²) in [5.74, 6) is 0.152. The number of piperidine rings is 1. The Morgan fingerprint density at radius 2 is 1.89 bits per heavy atom. The quantitative estimate of drug-likeness (QED) is 0.683. The first-order valence-electron chi connectivity index (χ1n) is 9.93.